The van der Waals surface area contributed by atoms with E-state index in [2.05, 4.69) is 0 Å². The lowest BCUT2D eigenvalue weighted by Crippen LogP contribution is -2.39. The van der Waals surface area contributed by atoms with Gasteiger partial charge in [-0.3, -0.25) is 0 Å². The smallest absolute Gasteiger partial charge is 0.350 e. The third kappa shape index (κ3) is 3.51. The highest BCUT2D eigenvalue weighted by Gasteiger charge is 2.30. The summed E-state index contributed by atoms with van der Waals surface area (Å²) in [7, 11) is -4.68. The summed E-state index contributed by atoms with van der Waals surface area (Å²) in [6, 6.07) is 0. The van der Waals surface area contributed by atoms with Crippen molar-refractivity contribution in [3.63, 3.8) is 0 Å². The van der Waals surface area contributed by atoms with E-state index in [0.717, 1.165) is 0 Å². The van der Waals surface area contributed by atoms with Crippen molar-refractivity contribution in [1.82, 2.24) is 4.31 Å². The maximum Gasteiger partial charge on any atom is 0.350 e. The lowest BCUT2D eigenvalue weighted by Gasteiger charge is -2.18. The molecule has 2 N–H and O–H groups in total. The van der Waals surface area contributed by atoms with Gasteiger partial charge in [0.15, 0.2) is 0 Å². The van der Waals surface area contributed by atoms with E-state index in [0.29, 0.717) is 4.31 Å². The SMILES string of the molecule is O=S(=O)(C(F)F)N(CCO)CCO. The van der Waals surface area contributed by atoms with E-state index in [-0.39, 0.29) is 0 Å². The molecule has 0 amide bonds. The number of hydrogen-bond donors (Lipinski definition) is 2. The molecule has 0 aromatic carbocycles. The van der Waals surface area contributed by atoms with Gasteiger partial charge in [-0.25, -0.2) is 8.42 Å². The van der Waals surface area contributed by atoms with E-state index >= 15 is 0 Å². The fourth-order valence-electron chi connectivity index (χ4n) is 0.702. The zero-order chi connectivity index (χ0) is 10.5. The molecule has 0 aromatic heterocycles. The molecule has 0 unspecified atom stereocenters. The molecule has 0 aromatic rings. The highest BCUT2D eigenvalue weighted by molar-refractivity contribution is 7.89. The first kappa shape index (κ1) is 12.7. The van der Waals surface area contributed by atoms with Crippen molar-refractivity contribution in [2.45, 2.75) is 5.76 Å². The molecule has 13 heavy (non-hydrogen) atoms. The van der Waals surface area contributed by atoms with Gasteiger partial charge in [-0.1, -0.05) is 0 Å². The number of hydrogen-bond acceptors (Lipinski definition) is 4. The van der Waals surface area contributed by atoms with E-state index < -0.39 is 42.1 Å². The van der Waals surface area contributed by atoms with E-state index in [9.17, 15) is 17.2 Å². The van der Waals surface area contributed by atoms with Crippen LogP contribution in [0.2, 0.25) is 0 Å². The number of alkyl halides is 2. The topological polar surface area (TPSA) is 77.8 Å². The zero-order valence-corrected chi connectivity index (χ0v) is 7.54. The summed E-state index contributed by atoms with van der Waals surface area (Å²) in [6.07, 6.45) is 0. The lowest BCUT2D eigenvalue weighted by atomic mass is 10.6. The Balaban J connectivity index is 4.52. The quantitative estimate of drug-likeness (QED) is 0.590. The number of nitrogens with zero attached hydrogens (tertiary/aromatic N) is 1. The predicted octanol–water partition coefficient (Wildman–Crippen LogP) is -1.17. The van der Waals surface area contributed by atoms with Crippen LogP contribution in [0.3, 0.4) is 0 Å². The molecular weight excluding hydrogens is 208 g/mol. The van der Waals surface area contributed by atoms with Gasteiger partial charge in [-0.2, -0.15) is 13.1 Å². The van der Waals surface area contributed by atoms with Crippen molar-refractivity contribution in [3.8, 4) is 0 Å². The fourth-order valence-corrected chi connectivity index (χ4v) is 1.60. The van der Waals surface area contributed by atoms with Crippen LogP contribution in [0, 0.1) is 0 Å². The number of sulfonamides is 1. The van der Waals surface area contributed by atoms with Crippen molar-refractivity contribution < 1.29 is 27.4 Å². The third-order valence-corrected chi connectivity index (χ3v) is 2.82. The minimum absolute atomic E-state index is 0.345. The maximum atomic E-state index is 11.9. The van der Waals surface area contributed by atoms with Gasteiger partial charge in [0.1, 0.15) is 0 Å². The van der Waals surface area contributed by atoms with Gasteiger partial charge >= 0.3 is 5.76 Å². The Morgan fingerprint density at radius 1 is 1.15 bits per heavy atom. The summed E-state index contributed by atoms with van der Waals surface area (Å²) in [5.41, 5.74) is 0. The van der Waals surface area contributed by atoms with Crippen LogP contribution in [-0.2, 0) is 10.0 Å². The minimum Gasteiger partial charge on any atom is -0.395 e. The summed E-state index contributed by atoms with van der Waals surface area (Å²) < 4.78 is 45.7. The second-order valence-corrected chi connectivity index (χ2v) is 4.05. The number of aliphatic hydroxyl groups excluding tert-OH is 2. The Morgan fingerprint density at radius 2 is 1.54 bits per heavy atom. The first-order valence-corrected chi connectivity index (χ1v) is 4.96. The van der Waals surface area contributed by atoms with Gasteiger partial charge in [0, 0.05) is 13.1 Å². The van der Waals surface area contributed by atoms with E-state index in [1.165, 1.54) is 0 Å². The molecule has 0 atom stereocenters. The van der Waals surface area contributed by atoms with Crippen LogP contribution >= 0.6 is 0 Å². The molecule has 0 saturated heterocycles. The van der Waals surface area contributed by atoms with Crippen molar-refractivity contribution in [2.75, 3.05) is 26.3 Å². The van der Waals surface area contributed by atoms with Gasteiger partial charge in [-0.05, 0) is 0 Å². The van der Waals surface area contributed by atoms with Gasteiger partial charge in [0.2, 0.25) is 0 Å². The molecule has 0 bridgehead atoms. The van der Waals surface area contributed by atoms with Gasteiger partial charge in [0.05, 0.1) is 13.2 Å². The second kappa shape index (κ2) is 5.43. The molecule has 0 aliphatic heterocycles. The third-order valence-electron chi connectivity index (χ3n) is 1.28. The molecule has 5 nitrogen and oxygen atoms in total. The second-order valence-electron chi connectivity index (χ2n) is 2.15. The average Bonchev–Trinajstić information content (AvgIpc) is 2.03. The number of aliphatic hydroxyl groups is 2. The van der Waals surface area contributed by atoms with E-state index in [4.69, 9.17) is 10.2 Å². The molecule has 0 radical (unpaired) electrons. The van der Waals surface area contributed by atoms with Crippen LogP contribution in [0.15, 0.2) is 0 Å². The summed E-state index contributed by atoms with van der Waals surface area (Å²) in [6.45, 7) is -2.00. The van der Waals surface area contributed by atoms with Crippen LogP contribution < -0.4 is 0 Å². The van der Waals surface area contributed by atoms with Crippen LogP contribution in [0.25, 0.3) is 0 Å². The molecule has 0 aliphatic carbocycles. The first-order chi connectivity index (χ1) is 5.96. The van der Waals surface area contributed by atoms with Crippen LogP contribution in [0.5, 0.6) is 0 Å². The van der Waals surface area contributed by atoms with Gasteiger partial charge in [0.25, 0.3) is 10.0 Å². The van der Waals surface area contributed by atoms with Gasteiger partial charge in [-0.15, -0.1) is 0 Å². The Hall–Kier alpha value is -0.310. The highest BCUT2D eigenvalue weighted by Crippen LogP contribution is 2.10. The Labute approximate surface area is 74.6 Å². The maximum absolute atomic E-state index is 11.9. The Bertz CT molecular complexity index is 225. The average molecular weight is 219 g/mol. The van der Waals surface area contributed by atoms with Crippen LogP contribution in [-0.4, -0.2) is 55.0 Å². The Kier molecular flexibility index (Phi) is 5.30. The largest absolute Gasteiger partial charge is 0.395 e. The summed E-state index contributed by atoms with van der Waals surface area (Å²) in [5.74, 6) is -3.52. The minimum atomic E-state index is -4.68. The standard InChI is InChI=1S/C5H11F2NO4S/c6-5(7)13(11,12)8(1-3-9)2-4-10/h5,9-10H,1-4H2. The predicted molar refractivity (Wildman–Crippen MR) is 40.7 cm³/mol. The molecular formula is C5H11F2NO4S. The monoisotopic (exact) mass is 219 g/mol. The van der Waals surface area contributed by atoms with Crippen molar-refractivity contribution >= 4 is 10.0 Å². The van der Waals surface area contributed by atoms with E-state index in [1.54, 1.807) is 0 Å². The summed E-state index contributed by atoms with van der Waals surface area (Å²) in [5, 5.41) is 16.8. The molecule has 0 aliphatic rings. The Morgan fingerprint density at radius 3 is 1.77 bits per heavy atom. The highest BCUT2D eigenvalue weighted by atomic mass is 32.2. The first-order valence-electron chi connectivity index (χ1n) is 3.45. The zero-order valence-electron chi connectivity index (χ0n) is 6.73. The summed E-state index contributed by atoms with van der Waals surface area (Å²) >= 11 is 0. The summed E-state index contributed by atoms with van der Waals surface area (Å²) in [4.78, 5) is 0. The van der Waals surface area contributed by atoms with Crippen molar-refractivity contribution in [3.05, 3.63) is 0 Å². The van der Waals surface area contributed by atoms with Crippen molar-refractivity contribution in [1.29, 1.82) is 0 Å². The molecule has 0 spiro atoms. The van der Waals surface area contributed by atoms with Crippen LogP contribution in [0.1, 0.15) is 0 Å². The fraction of sp³-hybridized carbons (Fsp3) is 1.00. The normalized spacial score (nSPS) is 12.8. The molecule has 0 rings (SSSR count). The number of rotatable bonds is 6. The molecule has 0 fully saturated rings. The van der Waals surface area contributed by atoms with Crippen LogP contribution in [0.4, 0.5) is 8.78 Å². The van der Waals surface area contributed by atoms with E-state index in [1.807, 2.05) is 0 Å². The molecule has 80 valence electrons. The lowest BCUT2D eigenvalue weighted by molar-refractivity contribution is 0.190. The number of halogens is 2. The van der Waals surface area contributed by atoms with Crippen molar-refractivity contribution in [2.24, 2.45) is 0 Å². The molecule has 0 saturated carbocycles. The molecule has 0 heterocycles. The molecule has 8 heteroatoms. The van der Waals surface area contributed by atoms with Gasteiger partial charge < -0.3 is 10.2 Å².